The van der Waals surface area contributed by atoms with Gasteiger partial charge in [-0.1, -0.05) is 11.6 Å². The molecule has 130 valence electrons. The monoisotopic (exact) mass is 421 g/mol. The van der Waals surface area contributed by atoms with E-state index < -0.39 is 36.7 Å². The predicted molar refractivity (Wildman–Crippen MR) is 86.0 cm³/mol. The van der Waals surface area contributed by atoms with Crippen molar-refractivity contribution in [1.29, 1.82) is 0 Å². The number of halogens is 2. The molecule has 1 aliphatic heterocycles. The molecule has 3 rings (SSSR count). The van der Waals surface area contributed by atoms with Gasteiger partial charge in [-0.3, -0.25) is 0 Å². The summed E-state index contributed by atoms with van der Waals surface area (Å²) in [7, 11) is 0. The second-order valence-electron chi connectivity index (χ2n) is 5.32. The van der Waals surface area contributed by atoms with Crippen LogP contribution in [0.4, 0.5) is 0 Å². The van der Waals surface area contributed by atoms with Crippen molar-refractivity contribution < 1.29 is 34.7 Å². The molecule has 5 unspecified atom stereocenters. The van der Waals surface area contributed by atoms with Gasteiger partial charge >= 0.3 is 5.97 Å². The SMILES string of the molecule is O=C(O)C1OC(Oc2c[nH]c3cc(Cl)c(Br)cc23)C(O)C(O)C1O. The number of carboxylic acid groups (broad SMARTS) is 1. The summed E-state index contributed by atoms with van der Waals surface area (Å²) in [4.78, 5) is 14.0. The minimum absolute atomic E-state index is 0.263. The number of H-pyrrole nitrogens is 1. The molecule has 1 aromatic carbocycles. The number of aliphatic hydroxyl groups excluding tert-OH is 3. The third kappa shape index (κ3) is 2.99. The van der Waals surface area contributed by atoms with Gasteiger partial charge in [-0.2, -0.15) is 0 Å². The van der Waals surface area contributed by atoms with Crippen LogP contribution in [-0.2, 0) is 9.53 Å². The van der Waals surface area contributed by atoms with Gasteiger partial charge in [-0.05, 0) is 28.1 Å². The van der Waals surface area contributed by atoms with Crippen molar-refractivity contribution in [2.24, 2.45) is 0 Å². The Bertz CT molecular complexity index is 782. The third-order valence-corrected chi connectivity index (χ3v) is 4.94. The molecule has 1 aromatic heterocycles. The number of hydrogen-bond donors (Lipinski definition) is 5. The van der Waals surface area contributed by atoms with E-state index in [1.807, 2.05) is 0 Å². The molecule has 0 aliphatic carbocycles. The normalized spacial score (nSPS) is 30.5. The van der Waals surface area contributed by atoms with E-state index in [0.717, 1.165) is 0 Å². The average Bonchev–Trinajstić information content (AvgIpc) is 2.90. The number of carbonyl (C=O) groups is 1. The molecule has 8 nitrogen and oxygen atoms in total. The fraction of sp³-hybridized carbons (Fsp3) is 0.357. The fourth-order valence-corrected chi connectivity index (χ4v) is 2.97. The van der Waals surface area contributed by atoms with Gasteiger partial charge in [0.05, 0.1) is 10.5 Å². The maximum absolute atomic E-state index is 11.1. The maximum atomic E-state index is 11.1. The first kappa shape index (κ1) is 17.5. The predicted octanol–water partition coefficient (Wildman–Crippen LogP) is 0.855. The number of aromatic amines is 1. The number of carboxylic acids is 1. The van der Waals surface area contributed by atoms with E-state index in [1.165, 1.54) is 6.20 Å². The van der Waals surface area contributed by atoms with Gasteiger partial charge in [0.1, 0.15) is 24.1 Å². The first-order valence-corrected chi connectivity index (χ1v) is 8.02. The molecule has 5 N–H and O–H groups in total. The van der Waals surface area contributed by atoms with Gasteiger partial charge in [0.2, 0.25) is 6.29 Å². The van der Waals surface area contributed by atoms with Crippen molar-refractivity contribution in [3.63, 3.8) is 0 Å². The lowest BCUT2D eigenvalue weighted by Gasteiger charge is -2.38. The Morgan fingerprint density at radius 2 is 1.96 bits per heavy atom. The number of fused-ring (bicyclic) bond motifs is 1. The summed E-state index contributed by atoms with van der Waals surface area (Å²) < 4.78 is 11.2. The van der Waals surface area contributed by atoms with Crippen molar-refractivity contribution in [3.8, 4) is 5.75 Å². The quantitative estimate of drug-likeness (QED) is 0.495. The fourth-order valence-electron chi connectivity index (χ4n) is 2.46. The van der Waals surface area contributed by atoms with Crippen LogP contribution in [0.2, 0.25) is 5.02 Å². The van der Waals surface area contributed by atoms with Gasteiger partial charge in [0.15, 0.2) is 6.10 Å². The summed E-state index contributed by atoms with van der Waals surface area (Å²) in [5.41, 5.74) is 0.652. The van der Waals surface area contributed by atoms with E-state index in [0.29, 0.717) is 20.4 Å². The van der Waals surface area contributed by atoms with Crippen LogP contribution < -0.4 is 4.74 Å². The van der Waals surface area contributed by atoms with Gasteiger partial charge < -0.3 is 34.9 Å². The lowest BCUT2D eigenvalue weighted by Crippen LogP contribution is -2.61. The van der Waals surface area contributed by atoms with Crippen molar-refractivity contribution in [3.05, 3.63) is 27.8 Å². The Morgan fingerprint density at radius 1 is 1.25 bits per heavy atom. The van der Waals surface area contributed by atoms with Crippen molar-refractivity contribution in [2.75, 3.05) is 0 Å². The molecular weight excluding hydrogens is 410 g/mol. The Hall–Kier alpha value is -1.36. The zero-order valence-corrected chi connectivity index (χ0v) is 14.2. The topological polar surface area (TPSA) is 132 Å². The molecule has 0 spiro atoms. The van der Waals surface area contributed by atoms with E-state index in [9.17, 15) is 20.1 Å². The minimum Gasteiger partial charge on any atom is -0.479 e. The molecule has 1 fully saturated rings. The van der Waals surface area contributed by atoms with Crippen LogP contribution in [0.15, 0.2) is 22.8 Å². The summed E-state index contributed by atoms with van der Waals surface area (Å²) in [5, 5.41) is 39.6. The van der Waals surface area contributed by atoms with Crippen LogP contribution in [-0.4, -0.2) is 62.1 Å². The molecule has 10 heteroatoms. The molecular formula is C14H13BrClNO7. The summed E-state index contributed by atoms with van der Waals surface area (Å²) in [6.07, 6.45) is -6.84. The van der Waals surface area contributed by atoms with Crippen LogP contribution in [0.5, 0.6) is 5.75 Å². The van der Waals surface area contributed by atoms with Crippen LogP contribution in [0.3, 0.4) is 0 Å². The third-order valence-electron chi connectivity index (χ3n) is 3.74. The summed E-state index contributed by atoms with van der Waals surface area (Å²) in [6.45, 7) is 0. The zero-order valence-electron chi connectivity index (χ0n) is 11.9. The van der Waals surface area contributed by atoms with Gasteiger partial charge in [-0.15, -0.1) is 0 Å². The highest BCUT2D eigenvalue weighted by atomic mass is 79.9. The number of aromatic nitrogens is 1. The standard InChI is InChI=1S/C14H13BrClNO7/c15-5-1-4-7(2-6(5)16)17-3-8(4)23-14-11(20)9(18)10(19)12(24-14)13(21)22/h1-3,9-12,14,17-20H,(H,21,22). The van der Waals surface area contributed by atoms with E-state index in [4.69, 9.17) is 26.2 Å². The van der Waals surface area contributed by atoms with E-state index in [2.05, 4.69) is 20.9 Å². The number of ether oxygens (including phenoxy) is 2. The summed E-state index contributed by atoms with van der Waals surface area (Å²) in [5.74, 6) is -1.21. The van der Waals surface area contributed by atoms with Crippen molar-refractivity contribution in [1.82, 2.24) is 4.98 Å². The van der Waals surface area contributed by atoms with Crippen LogP contribution >= 0.6 is 27.5 Å². The van der Waals surface area contributed by atoms with Gasteiger partial charge in [0.25, 0.3) is 0 Å². The lowest BCUT2D eigenvalue weighted by atomic mass is 9.99. The lowest BCUT2D eigenvalue weighted by molar-refractivity contribution is -0.270. The first-order valence-electron chi connectivity index (χ1n) is 6.85. The summed E-state index contributed by atoms with van der Waals surface area (Å²) in [6, 6.07) is 3.34. The van der Waals surface area contributed by atoms with Crippen LogP contribution in [0.25, 0.3) is 10.9 Å². The number of aliphatic carboxylic acids is 1. The number of benzene rings is 1. The highest BCUT2D eigenvalue weighted by molar-refractivity contribution is 9.10. The number of aliphatic hydroxyl groups is 3. The average molecular weight is 423 g/mol. The largest absolute Gasteiger partial charge is 0.479 e. The maximum Gasteiger partial charge on any atom is 0.335 e. The second kappa shape index (κ2) is 6.51. The molecule has 1 aliphatic rings. The zero-order chi connectivity index (χ0) is 17.6. The van der Waals surface area contributed by atoms with Crippen LogP contribution in [0, 0.1) is 0 Å². The molecule has 0 saturated carbocycles. The van der Waals surface area contributed by atoms with Gasteiger partial charge in [-0.25, -0.2) is 4.79 Å². The molecule has 2 heterocycles. The Balaban J connectivity index is 1.90. The number of hydrogen-bond acceptors (Lipinski definition) is 6. The van der Waals surface area contributed by atoms with E-state index >= 15 is 0 Å². The molecule has 0 amide bonds. The van der Waals surface area contributed by atoms with Crippen molar-refractivity contribution >= 4 is 44.4 Å². The van der Waals surface area contributed by atoms with Crippen LogP contribution in [0.1, 0.15) is 0 Å². The smallest absolute Gasteiger partial charge is 0.335 e. The molecule has 5 atom stereocenters. The number of nitrogens with one attached hydrogen (secondary N) is 1. The Labute approximate surface area is 148 Å². The molecule has 24 heavy (non-hydrogen) atoms. The Morgan fingerprint density at radius 3 is 2.62 bits per heavy atom. The highest BCUT2D eigenvalue weighted by Crippen LogP contribution is 2.34. The number of rotatable bonds is 3. The minimum atomic E-state index is -1.77. The summed E-state index contributed by atoms with van der Waals surface area (Å²) >= 11 is 9.29. The molecule has 1 saturated heterocycles. The van der Waals surface area contributed by atoms with Gasteiger partial charge in [0, 0.05) is 16.1 Å². The Kier molecular flexibility index (Phi) is 4.73. The molecule has 2 aromatic rings. The van der Waals surface area contributed by atoms with Crippen molar-refractivity contribution in [2.45, 2.75) is 30.7 Å². The van der Waals surface area contributed by atoms with E-state index in [-0.39, 0.29) is 5.75 Å². The second-order valence-corrected chi connectivity index (χ2v) is 6.58. The molecule has 0 radical (unpaired) electrons. The van der Waals surface area contributed by atoms with E-state index in [1.54, 1.807) is 12.1 Å². The highest BCUT2D eigenvalue weighted by Gasteiger charge is 2.48. The first-order chi connectivity index (χ1) is 11.3. The molecule has 0 bridgehead atoms.